The Morgan fingerprint density at radius 3 is 2.61 bits per heavy atom. The molecule has 0 atom stereocenters. The molecule has 5 nitrogen and oxygen atoms in total. The molecule has 0 amide bonds. The van der Waals surface area contributed by atoms with Gasteiger partial charge in [0, 0.05) is 0 Å². The number of sulfonamides is 1. The van der Waals surface area contributed by atoms with E-state index in [4.69, 9.17) is 17.4 Å². The third-order valence-corrected chi connectivity index (χ3v) is 5.25. The molecule has 18 heavy (non-hydrogen) atoms. The second kappa shape index (κ2) is 3.69. The average molecular weight is 286 g/mol. The minimum Gasteiger partial charge on any atom is -0.262 e. The van der Waals surface area contributed by atoms with Crippen LogP contribution in [0, 0.1) is 0 Å². The molecule has 0 aromatic heterocycles. The number of hydrazine groups is 1. The highest BCUT2D eigenvalue weighted by Crippen LogP contribution is 2.43. The zero-order valence-corrected chi connectivity index (χ0v) is 11.1. The molecule has 1 aromatic carbocycles. The number of hydrogen-bond donors (Lipinski definition) is 1. The van der Waals surface area contributed by atoms with Crippen molar-refractivity contribution in [1.29, 1.82) is 0 Å². The maximum Gasteiger partial charge on any atom is 0.286 e. The van der Waals surface area contributed by atoms with Crippen LogP contribution in [0.5, 0.6) is 0 Å². The molecule has 96 valence electrons. The van der Waals surface area contributed by atoms with Crippen LogP contribution in [-0.2, 0) is 10.0 Å². The molecule has 0 spiro atoms. The van der Waals surface area contributed by atoms with Crippen LogP contribution in [0.1, 0.15) is 19.3 Å². The highest BCUT2D eigenvalue weighted by molar-refractivity contribution is 7.90. The summed E-state index contributed by atoms with van der Waals surface area (Å²) in [4.78, 5) is -0.620. The van der Waals surface area contributed by atoms with E-state index in [0.717, 1.165) is 6.42 Å². The van der Waals surface area contributed by atoms with Gasteiger partial charge in [-0.15, -0.1) is 16.0 Å². The maximum atomic E-state index is 12.1. The summed E-state index contributed by atoms with van der Waals surface area (Å²) in [7, 11) is -3.70. The largest absolute Gasteiger partial charge is 0.286 e. The number of halogens is 1. The maximum absolute atomic E-state index is 12.1. The van der Waals surface area contributed by atoms with E-state index in [2.05, 4.69) is 4.40 Å². The van der Waals surface area contributed by atoms with Gasteiger partial charge in [-0.05, 0) is 31.4 Å². The van der Waals surface area contributed by atoms with Gasteiger partial charge in [0.1, 0.15) is 9.77 Å². The van der Waals surface area contributed by atoms with E-state index < -0.39 is 14.9 Å². The van der Waals surface area contributed by atoms with Crippen LogP contribution >= 0.6 is 11.6 Å². The summed E-state index contributed by atoms with van der Waals surface area (Å²) in [5.41, 5.74) is 0.425. The fourth-order valence-electron chi connectivity index (χ4n) is 2.20. The van der Waals surface area contributed by atoms with Gasteiger partial charge in [0.15, 0.2) is 5.84 Å². The predicted molar refractivity (Wildman–Crippen MR) is 70.2 cm³/mol. The third kappa shape index (κ3) is 1.56. The number of alkyl halides is 1. The number of nitrogens with zero attached hydrogens (tertiary/aromatic N) is 2. The van der Waals surface area contributed by atoms with Crippen molar-refractivity contribution in [3.05, 3.63) is 24.3 Å². The molecule has 7 heteroatoms. The molecule has 0 saturated heterocycles. The molecule has 0 unspecified atom stereocenters. The van der Waals surface area contributed by atoms with Crippen molar-refractivity contribution in [1.82, 2.24) is 0 Å². The van der Waals surface area contributed by atoms with Crippen molar-refractivity contribution in [3.8, 4) is 0 Å². The summed E-state index contributed by atoms with van der Waals surface area (Å²) in [6, 6.07) is 6.52. The minimum absolute atomic E-state index is 0.121. The number of hydrogen-bond acceptors (Lipinski definition) is 4. The van der Waals surface area contributed by atoms with E-state index in [1.54, 1.807) is 18.2 Å². The Morgan fingerprint density at radius 2 is 2.00 bits per heavy atom. The van der Waals surface area contributed by atoms with Crippen LogP contribution in [0.4, 0.5) is 5.69 Å². The number of anilines is 1. The van der Waals surface area contributed by atoms with Crippen molar-refractivity contribution in [3.63, 3.8) is 0 Å². The van der Waals surface area contributed by atoms with Crippen LogP contribution in [0.2, 0.25) is 0 Å². The van der Waals surface area contributed by atoms with Gasteiger partial charge >= 0.3 is 0 Å². The van der Waals surface area contributed by atoms with E-state index in [0.29, 0.717) is 18.5 Å². The van der Waals surface area contributed by atoms with Gasteiger partial charge in [-0.3, -0.25) is 5.01 Å². The first-order valence-corrected chi connectivity index (χ1v) is 7.44. The van der Waals surface area contributed by atoms with Crippen LogP contribution < -0.4 is 10.9 Å². The summed E-state index contributed by atoms with van der Waals surface area (Å²) < 4.78 is 28.0. The van der Waals surface area contributed by atoms with Gasteiger partial charge in [-0.2, -0.15) is 8.42 Å². The quantitative estimate of drug-likeness (QED) is 0.628. The molecular weight excluding hydrogens is 274 g/mol. The summed E-state index contributed by atoms with van der Waals surface area (Å²) in [5, 5.41) is 1.29. The molecule has 1 aliphatic heterocycles. The lowest BCUT2D eigenvalue weighted by molar-refractivity contribution is 0.441. The number of fused-ring (bicyclic) bond motifs is 1. The van der Waals surface area contributed by atoms with Crippen molar-refractivity contribution >= 4 is 33.1 Å². The SMILES string of the molecule is NN1C(C2(Cl)CCC2)=NS(=O)(=O)c2ccccc21. The van der Waals surface area contributed by atoms with E-state index in [1.807, 2.05) is 0 Å². The Kier molecular flexibility index (Phi) is 2.45. The van der Waals surface area contributed by atoms with Crippen molar-refractivity contribution in [2.45, 2.75) is 29.0 Å². The zero-order valence-electron chi connectivity index (χ0n) is 9.51. The highest BCUT2D eigenvalue weighted by atomic mass is 35.5. The average Bonchev–Trinajstić information content (AvgIpc) is 2.31. The second-order valence-corrected chi connectivity index (χ2v) is 6.84. The monoisotopic (exact) mass is 285 g/mol. The number of nitrogens with two attached hydrogens (primary N) is 1. The lowest BCUT2D eigenvalue weighted by Crippen LogP contribution is -2.54. The van der Waals surface area contributed by atoms with Crippen LogP contribution in [0.25, 0.3) is 0 Å². The molecule has 0 bridgehead atoms. The Balaban J connectivity index is 2.19. The number of rotatable bonds is 1. The number of benzene rings is 1. The van der Waals surface area contributed by atoms with Crippen molar-refractivity contribution in [2.75, 3.05) is 5.01 Å². The summed E-state index contributed by atoms with van der Waals surface area (Å²) in [5.74, 6) is 6.19. The van der Waals surface area contributed by atoms with Crippen LogP contribution in [-0.4, -0.2) is 19.1 Å². The topological polar surface area (TPSA) is 75.8 Å². The Hall–Kier alpha value is -1.11. The number of amidine groups is 1. The predicted octanol–water partition coefficient (Wildman–Crippen LogP) is 1.63. The standard InChI is InChI=1S/C11H12ClN3O2S/c12-11(6-3-7-11)10-14-18(16,17)9-5-2-1-4-8(9)15(10)13/h1-2,4-5H,3,6-7,13H2. The van der Waals surface area contributed by atoms with Crippen molar-refractivity contribution in [2.24, 2.45) is 10.2 Å². The lowest BCUT2D eigenvalue weighted by Gasteiger charge is -2.41. The van der Waals surface area contributed by atoms with Gasteiger partial charge in [0.2, 0.25) is 0 Å². The van der Waals surface area contributed by atoms with Gasteiger partial charge in [0.05, 0.1) is 5.69 Å². The molecule has 1 aliphatic carbocycles. The first-order valence-electron chi connectivity index (χ1n) is 5.62. The molecule has 2 aliphatic rings. The molecule has 1 fully saturated rings. The van der Waals surface area contributed by atoms with E-state index in [9.17, 15) is 8.42 Å². The highest BCUT2D eigenvalue weighted by Gasteiger charge is 2.46. The fraction of sp³-hybridized carbons (Fsp3) is 0.364. The van der Waals surface area contributed by atoms with Gasteiger partial charge in [0.25, 0.3) is 10.0 Å². The Labute approximate surface area is 110 Å². The van der Waals surface area contributed by atoms with Crippen LogP contribution in [0.15, 0.2) is 33.6 Å². The van der Waals surface area contributed by atoms with Gasteiger partial charge < -0.3 is 0 Å². The fourth-order valence-corrected chi connectivity index (χ4v) is 3.92. The third-order valence-electron chi connectivity index (χ3n) is 3.38. The second-order valence-electron chi connectivity index (χ2n) is 4.55. The van der Waals surface area contributed by atoms with Crippen LogP contribution in [0.3, 0.4) is 0 Å². The molecule has 1 heterocycles. The normalized spacial score (nSPS) is 23.9. The lowest BCUT2D eigenvalue weighted by atomic mass is 9.83. The van der Waals surface area contributed by atoms with E-state index in [-0.39, 0.29) is 10.7 Å². The van der Waals surface area contributed by atoms with E-state index >= 15 is 0 Å². The smallest absolute Gasteiger partial charge is 0.262 e. The summed E-state index contributed by atoms with van der Waals surface area (Å²) in [6.45, 7) is 0. The minimum atomic E-state index is -3.70. The van der Waals surface area contributed by atoms with Gasteiger partial charge in [-0.1, -0.05) is 12.1 Å². The molecule has 0 radical (unpaired) electrons. The zero-order chi connectivity index (χ0) is 13.0. The Bertz CT molecular complexity index is 637. The molecular formula is C11H12ClN3O2S. The Morgan fingerprint density at radius 1 is 1.33 bits per heavy atom. The molecule has 2 N–H and O–H groups in total. The molecule has 1 aromatic rings. The van der Waals surface area contributed by atoms with E-state index in [1.165, 1.54) is 11.1 Å². The molecule has 3 rings (SSSR count). The van der Waals surface area contributed by atoms with Crippen molar-refractivity contribution < 1.29 is 8.42 Å². The number of para-hydroxylation sites is 1. The first-order chi connectivity index (χ1) is 8.44. The first kappa shape index (κ1) is 12.0. The van der Waals surface area contributed by atoms with Gasteiger partial charge in [-0.25, -0.2) is 5.84 Å². The summed E-state index contributed by atoms with van der Waals surface area (Å²) in [6.07, 6.45) is 2.34. The summed E-state index contributed by atoms with van der Waals surface area (Å²) >= 11 is 6.36. The molecule has 1 saturated carbocycles.